The van der Waals surface area contributed by atoms with Crippen molar-refractivity contribution in [2.24, 2.45) is 7.05 Å². The maximum Gasteiger partial charge on any atom is 0.433 e. The standard InChI is InChI=1S/C11H12F3N3O.ClH/c1-17-10(11(12,13)14)8(6-16-17)5-15-7-9-3-2-4-18-9;/h2-4,6,15H,5,7H2,1H3;1H. The molecule has 2 aromatic heterocycles. The van der Waals surface area contributed by atoms with Crippen LogP contribution in [0, 0.1) is 0 Å². The number of rotatable bonds is 4. The molecule has 2 aromatic rings. The SMILES string of the molecule is Cl.Cn1ncc(CNCc2ccco2)c1C(F)(F)F. The molecule has 0 amide bonds. The number of hydrogen-bond acceptors (Lipinski definition) is 3. The van der Waals surface area contributed by atoms with Gasteiger partial charge in [0.05, 0.1) is 19.0 Å². The predicted molar refractivity (Wildman–Crippen MR) is 64.7 cm³/mol. The van der Waals surface area contributed by atoms with Crippen molar-refractivity contribution in [3.63, 3.8) is 0 Å². The van der Waals surface area contributed by atoms with E-state index in [4.69, 9.17) is 4.42 Å². The first-order valence-electron chi connectivity index (χ1n) is 5.29. The minimum Gasteiger partial charge on any atom is -0.468 e. The molecule has 0 radical (unpaired) electrons. The molecule has 4 nitrogen and oxygen atoms in total. The molecule has 19 heavy (non-hydrogen) atoms. The Balaban J connectivity index is 0.00000180. The number of nitrogens with one attached hydrogen (secondary N) is 1. The highest BCUT2D eigenvalue weighted by Crippen LogP contribution is 2.31. The lowest BCUT2D eigenvalue weighted by molar-refractivity contribution is -0.144. The van der Waals surface area contributed by atoms with E-state index >= 15 is 0 Å². The second-order valence-electron chi connectivity index (χ2n) is 3.82. The van der Waals surface area contributed by atoms with Gasteiger partial charge in [-0.2, -0.15) is 18.3 Å². The molecule has 0 aliphatic heterocycles. The third-order valence-electron chi connectivity index (χ3n) is 2.48. The Labute approximate surface area is 114 Å². The summed E-state index contributed by atoms with van der Waals surface area (Å²) in [5.41, 5.74) is -0.606. The van der Waals surface area contributed by atoms with Crippen molar-refractivity contribution >= 4 is 12.4 Å². The summed E-state index contributed by atoms with van der Waals surface area (Å²) < 4.78 is 44.1. The smallest absolute Gasteiger partial charge is 0.433 e. The summed E-state index contributed by atoms with van der Waals surface area (Å²) >= 11 is 0. The number of hydrogen-bond donors (Lipinski definition) is 1. The second-order valence-corrected chi connectivity index (χ2v) is 3.82. The maximum absolute atomic E-state index is 12.7. The molecule has 0 saturated carbocycles. The van der Waals surface area contributed by atoms with E-state index in [1.54, 1.807) is 12.1 Å². The third kappa shape index (κ3) is 3.74. The van der Waals surface area contributed by atoms with Crippen LogP contribution in [0.5, 0.6) is 0 Å². The molecule has 0 spiro atoms. The number of furan rings is 1. The fraction of sp³-hybridized carbons (Fsp3) is 0.364. The summed E-state index contributed by atoms with van der Waals surface area (Å²) in [5.74, 6) is 0.674. The van der Waals surface area contributed by atoms with Gasteiger partial charge in [0.1, 0.15) is 11.5 Å². The van der Waals surface area contributed by atoms with Crippen LogP contribution in [-0.4, -0.2) is 9.78 Å². The van der Waals surface area contributed by atoms with Gasteiger partial charge in [0, 0.05) is 19.2 Å². The van der Waals surface area contributed by atoms with Gasteiger partial charge >= 0.3 is 6.18 Å². The predicted octanol–water partition coefficient (Wildman–Crippen LogP) is 2.74. The van der Waals surface area contributed by atoms with Crippen LogP contribution < -0.4 is 5.32 Å². The Morgan fingerprint density at radius 3 is 2.68 bits per heavy atom. The van der Waals surface area contributed by atoms with Crippen molar-refractivity contribution in [2.45, 2.75) is 19.3 Å². The van der Waals surface area contributed by atoms with Gasteiger partial charge in [0.15, 0.2) is 0 Å². The van der Waals surface area contributed by atoms with Gasteiger partial charge in [-0.25, -0.2) is 0 Å². The van der Waals surface area contributed by atoms with Crippen LogP contribution in [0.3, 0.4) is 0 Å². The van der Waals surface area contributed by atoms with Gasteiger partial charge in [0.25, 0.3) is 0 Å². The summed E-state index contributed by atoms with van der Waals surface area (Å²) in [5, 5.41) is 6.51. The molecule has 0 aromatic carbocycles. The summed E-state index contributed by atoms with van der Waals surface area (Å²) in [6.07, 6.45) is -1.66. The van der Waals surface area contributed by atoms with E-state index in [1.165, 1.54) is 19.5 Å². The lowest BCUT2D eigenvalue weighted by Crippen LogP contribution is -2.18. The second kappa shape index (κ2) is 6.12. The Morgan fingerprint density at radius 1 is 1.37 bits per heavy atom. The van der Waals surface area contributed by atoms with E-state index in [0.29, 0.717) is 12.3 Å². The van der Waals surface area contributed by atoms with Crippen molar-refractivity contribution in [3.8, 4) is 0 Å². The van der Waals surface area contributed by atoms with Crippen LogP contribution >= 0.6 is 12.4 Å². The van der Waals surface area contributed by atoms with Gasteiger partial charge in [-0.3, -0.25) is 4.68 Å². The van der Waals surface area contributed by atoms with Gasteiger partial charge in [0.2, 0.25) is 0 Å². The van der Waals surface area contributed by atoms with E-state index in [-0.39, 0.29) is 24.5 Å². The van der Waals surface area contributed by atoms with Crippen LogP contribution in [-0.2, 0) is 26.3 Å². The van der Waals surface area contributed by atoms with Crippen molar-refractivity contribution in [1.29, 1.82) is 0 Å². The zero-order valence-electron chi connectivity index (χ0n) is 10.1. The van der Waals surface area contributed by atoms with E-state index < -0.39 is 11.9 Å². The first-order valence-corrected chi connectivity index (χ1v) is 5.29. The van der Waals surface area contributed by atoms with Gasteiger partial charge in [-0.05, 0) is 12.1 Å². The minimum atomic E-state index is -4.40. The Kier molecular flexibility index (Phi) is 5.02. The van der Waals surface area contributed by atoms with Crippen LogP contribution in [0.4, 0.5) is 13.2 Å². The highest BCUT2D eigenvalue weighted by molar-refractivity contribution is 5.85. The number of aryl methyl sites for hydroxylation is 1. The first kappa shape index (κ1) is 15.6. The first-order chi connectivity index (χ1) is 8.48. The molecule has 8 heteroatoms. The molecular weight excluding hydrogens is 283 g/mol. The summed E-state index contributed by atoms with van der Waals surface area (Å²) in [6, 6.07) is 3.48. The topological polar surface area (TPSA) is 43.0 Å². The third-order valence-corrected chi connectivity index (χ3v) is 2.48. The van der Waals surface area contributed by atoms with Crippen molar-refractivity contribution in [3.05, 3.63) is 41.6 Å². The Bertz CT molecular complexity index is 508. The Morgan fingerprint density at radius 2 is 2.11 bits per heavy atom. The number of halogens is 4. The molecular formula is C11H13ClF3N3O. The molecule has 0 aliphatic rings. The quantitative estimate of drug-likeness (QED) is 0.943. The molecule has 0 bridgehead atoms. The average molecular weight is 296 g/mol. The van der Waals surface area contributed by atoms with Crippen molar-refractivity contribution in [2.75, 3.05) is 0 Å². The Hall–Kier alpha value is -1.47. The van der Waals surface area contributed by atoms with E-state index in [1.807, 2.05) is 0 Å². The lowest BCUT2D eigenvalue weighted by Gasteiger charge is -2.10. The number of aromatic nitrogens is 2. The summed E-state index contributed by atoms with van der Waals surface area (Å²) in [4.78, 5) is 0. The fourth-order valence-electron chi connectivity index (χ4n) is 1.71. The van der Waals surface area contributed by atoms with E-state index in [0.717, 1.165) is 4.68 Å². The van der Waals surface area contributed by atoms with Crippen molar-refractivity contribution < 1.29 is 17.6 Å². The molecule has 2 rings (SSSR count). The van der Waals surface area contributed by atoms with Crippen LogP contribution in [0.15, 0.2) is 29.0 Å². The highest BCUT2D eigenvalue weighted by Gasteiger charge is 2.36. The van der Waals surface area contributed by atoms with Crippen molar-refractivity contribution in [1.82, 2.24) is 15.1 Å². The zero-order valence-corrected chi connectivity index (χ0v) is 10.9. The summed E-state index contributed by atoms with van der Waals surface area (Å²) in [6.45, 7) is 0.461. The molecule has 0 fully saturated rings. The molecule has 1 N–H and O–H groups in total. The normalized spacial score (nSPS) is 11.4. The highest BCUT2D eigenvalue weighted by atomic mass is 35.5. The van der Waals surface area contributed by atoms with Gasteiger partial charge in [-0.1, -0.05) is 0 Å². The molecule has 2 heterocycles. The largest absolute Gasteiger partial charge is 0.468 e. The maximum atomic E-state index is 12.7. The van der Waals surface area contributed by atoms with E-state index in [2.05, 4.69) is 10.4 Å². The van der Waals surface area contributed by atoms with Gasteiger partial charge < -0.3 is 9.73 Å². The molecule has 0 saturated heterocycles. The number of nitrogens with zero attached hydrogens (tertiary/aromatic N) is 2. The van der Waals surface area contributed by atoms with E-state index in [9.17, 15) is 13.2 Å². The average Bonchev–Trinajstić information content (AvgIpc) is 2.87. The minimum absolute atomic E-state index is 0. The molecule has 0 aliphatic carbocycles. The zero-order chi connectivity index (χ0) is 13.2. The molecule has 0 unspecified atom stereocenters. The number of alkyl halides is 3. The fourth-order valence-corrected chi connectivity index (χ4v) is 1.71. The summed E-state index contributed by atoms with van der Waals surface area (Å²) in [7, 11) is 1.28. The monoisotopic (exact) mass is 295 g/mol. The van der Waals surface area contributed by atoms with Crippen LogP contribution in [0.25, 0.3) is 0 Å². The van der Waals surface area contributed by atoms with Crippen LogP contribution in [0.1, 0.15) is 17.0 Å². The lowest BCUT2D eigenvalue weighted by atomic mass is 10.2. The molecule has 0 atom stereocenters. The molecule has 106 valence electrons. The van der Waals surface area contributed by atoms with Crippen LogP contribution in [0.2, 0.25) is 0 Å². The van der Waals surface area contributed by atoms with Gasteiger partial charge in [-0.15, -0.1) is 12.4 Å².